The van der Waals surface area contributed by atoms with E-state index in [9.17, 15) is 28.1 Å². The summed E-state index contributed by atoms with van der Waals surface area (Å²) in [5.74, 6) is -4.58. The van der Waals surface area contributed by atoms with Gasteiger partial charge in [0.15, 0.2) is 6.10 Å². The fraction of sp³-hybridized carbons (Fsp3) is 0.222. The molecule has 19 heavy (non-hydrogen) atoms. The molecule has 0 fully saturated rings. The van der Waals surface area contributed by atoms with Crippen molar-refractivity contribution < 1.29 is 37.8 Å². The van der Waals surface area contributed by atoms with Crippen LogP contribution in [0.1, 0.15) is 11.7 Å². The Morgan fingerprint density at radius 1 is 1.42 bits per heavy atom. The molecular weight excluding hydrogens is 275 g/mol. The van der Waals surface area contributed by atoms with E-state index in [1.165, 1.54) is 0 Å². The van der Waals surface area contributed by atoms with Gasteiger partial charge in [-0.25, -0.2) is 9.18 Å². The topological polar surface area (TPSA) is 110 Å². The first kappa shape index (κ1) is 14.7. The summed E-state index contributed by atoms with van der Waals surface area (Å²) in [5, 5.41) is 28.1. The van der Waals surface area contributed by atoms with Crippen molar-refractivity contribution in [3.63, 3.8) is 0 Å². The van der Waals surface area contributed by atoms with Crippen molar-refractivity contribution in [2.24, 2.45) is 0 Å². The number of carboxylic acids is 1. The molecule has 0 radical (unpaired) electrons. The third-order valence-electron chi connectivity index (χ3n) is 2.01. The maximum atomic E-state index is 13.5. The average molecular weight is 281 g/mol. The molecule has 7 nitrogen and oxygen atoms in total. The molecular formula is C9H6F3NO6. The van der Waals surface area contributed by atoms with Crippen molar-refractivity contribution in [1.82, 2.24) is 0 Å². The Hall–Kier alpha value is -2.36. The van der Waals surface area contributed by atoms with Gasteiger partial charge in [0.05, 0.1) is 22.6 Å². The van der Waals surface area contributed by atoms with Gasteiger partial charge in [0.2, 0.25) is 0 Å². The van der Waals surface area contributed by atoms with Gasteiger partial charge in [-0.3, -0.25) is 10.1 Å². The summed E-state index contributed by atoms with van der Waals surface area (Å²) in [7, 11) is 0. The summed E-state index contributed by atoms with van der Waals surface area (Å²) in [6.07, 6.45) is -2.49. The molecule has 0 amide bonds. The summed E-state index contributed by atoms with van der Waals surface area (Å²) >= 11 is 0. The van der Waals surface area contributed by atoms with Crippen molar-refractivity contribution in [2.45, 2.75) is 12.7 Å². The van der Waals surface area contributed by atoms with Crippen LogP contribution in [0.15, 0.2) is 12.1 Å². The fourth-order valence-electron chi connectivity index (χ4n) is 1.27. The highest BCUT2D eigenvalue weighted by molar-refractivity contribution is 5.75. The van der Waals surface area contributed by atoms with E-state index in [2.05, 4.69) is 4.74 Å². The number of aliphatic carboxylic acids is 1. The van der Waals surface area contributed by atoms with Gasteiger partial charge in [0.1, 0.15) is 11.6 Å². The van der Waals surface area contributed by atoms with E-state index in [-0.39, 0.29) is 0 Å². The maximum Gasteiger partial charge on any atom is 0.387 e. The second-order valence-corrected chi connectivity index (χ2v) is 3.22. The number of non-ortho nitro benzene ring substituents is 1. The van der Waals surface area contributed by atoms with Crippen molar-refractivity contribution >= 4 is 11.7 Å². The molecule has 0 aliphatic heterocycles. The molecule has 1 unspecified atom stereocenters. The molecule has 0 spiro atoms. The number of nitro groups is 1. The van der Waals surface area contributed by atoms with Crippen LogP contribution in [-0.2, 0) is 4.79 Å². The van der Waals surface area contributed by atoms with Crippen LogP contribution in [0.5, 0.6) is 5.75 Å². The molecule has 0 aliphatic carbocycles. The van der Waals surface area contributed by atoms with Crippen LogP contribution < -0.4 is 4.74 Å². The lowest BCUT2D eigenvalue weighted by atomic mass is 10.1. The Kier molecular flexibility index (Phi) is 4.27. The molecule has 1 rings (SSSR count). The molecule has 0 aliphatic rings. The Labute approximate surface area is 103 Å². The zero-order valence-electron chi connectivity index (χ0n) is 8.92. The second-order valence-electron chi connectivity index (χ2n) is 3.22. The number of aliphatic hydroxyl groups excluding tert-OH is 1. The number of hydrogen-bond donors (Lipinski definition) is 2. The molecule has 1 aromatic rings. The third kappa shape index (κ3) is 3.31. The van der Waals surface area contributed by atoms with Gasteiger partial charge in [-0.2, -0.15) is 8.78 Å². The monoisotopic (exact) mass is 281 g/mol. The van der Waals surface area contributed by atoms with E-state index in [0.717, 1.165) is 0 Å². The predicted octanol–water partition coefficient (Wildman–Crippen LogP) is 1.45. The Morgan fingerprint density at radius 3 is 2.42 bits per heavy atom. The first-order valence-electron chi connectivity index (χ1n) is 4.57. The van der Waals surface area contributed by atoms with E-state index >= 15 is 0 Å². The molecule has 0 heterocycles. The van der Waals surface area contributed by atoms with E-state index in [0.29, 0.717) is 12.1 Å². The Morgan fingerprint density at radius 2 is 2.00 bits per heavy atom. The van der Waals surface area contributed by atoms with E-state index in [1.807, 2.05) is 0 Å². The lowest BCUT2D eigenvalue weighted by Gasteiger charge is -2.13. The van der Waals surface area contributed by atoms with E-state index in [1.54, 1.807) is 0 Å². The Bertz CT molecular complexity index is 521. The summed E-state index contributed by atoms with van der Waals surface area (Å²) in [6, 6.07) is 0.691. The summed E-state index contributed by atoms with van der Waals surface area (Å²) in [5.41, 5.74) is -2.03. The molecule has 2 N–H and O–H groups in total. The van der Waals surface area contributed by atoms with E-state index in [4.69, 9.17) is 10.2 Å². The molecule has 1 atom stereocenters. The van der Waals surface area contributed by atoms with Crippen LogP contribution in [0.2, 0.25) is 0 Å². The summed E-state index contributed by atoms with van der Waals surface area (Å²) < 4.78 is 41.4. The highest BCUT2D eigenvalue weighted by Gasteiger charge is 2.29. The molecule has 10 heteroatoms. The van der Waals surface area contributed by atoms with Crippen LogP contribution in [0.25, 0.3) is 0 Å². The summed E-state index contributed by atoms with van der Waals surface area (Å²) in [6.45, 7) is -3.47. The van der Waals surface area contributed by atoms with Gasteiger partial charge in [-0.05, 0) is 0 Å². The lowest BCUT2D eigenvalue weighted by molar-refractivity contribution is -0.385. The van der Waals surface area contributed by atoms with Crippen LogP contribution in [0, 0.1) is 15.9 Å². The number of benzene rings is 1. The molecule has 0 saturated heterocycles. The first-order chi connectivity index (χ1) is 8.73. The second kappa shape index (κ2) is 5.52. The van der Waals surface area contributed by atoms with Crippen molar-refractivity contribution in [2.75, 3.05) is 0 Å². The number of ether oxygens (including phenoxy) is 1. The van der Waals surface area contributed by atoms with Crippen LogP contribution in [0.3, 0.4) is 0 Å². The van der Waals surface area contributed by atoms with Crippen molar-refractivity contribution in [3.8, 4) is 5.75 Å². The minimum absolute atomic E-state index is 0.291. The van der Waals surface area contributed by atoms with Gasteiger partial charge in [-0.15, -0.1) is 0 Å². The van der Waals surface area contributed by atoms with Crippen LogP contribution in [0.4, 0.5) is 18.9 Å². The number of carboxylic acid groups (broad SMARTS) is 1. The quantitative estimate of drug-likeness (QED) is 0.624. The first-order valence-corrected chi connectivity index (χ1v) is 4.57. The molecule has 0 aromatic heterocycles. The van der Waals surface area contributed by atoms with Gasteiger partial charge < -0.3 is 14.9 Å². The van der Waals surface area contributed by atoms with Crippen molar-refractivity contribution in [1.29, 1.82) is 0 Å². The lowest BCUT2D eigenvalue weighted by Crippen LogP contribution is -2.16. The third-order valence-corrected chi connectivity index (χ3v) is 2.01. The highest BCUT2D eigenvalue weighted by atomic mass is 19.3. The number of hydrogen-bond acceptors (Lipinski definition) is 5. The SMILES string of the molecule is O=C(O)C(O)c1c(F)cc([N+](=O)[O-])cc1OC(F)F. The highest BCUT2D eigenvalue weighted by Crippen LogP contribution is 2.33. The number of alkyl halides is 2. The molecule has 0 saturated carbocycles. The number of nitrogens with zero attached hydrogens (tertiary/aromatic N) is 1. The molecule has 1 aromatic carbocycles. The zero-order valence-corrected chi connectivity index (χ0v) is 8.92. The average Bonchev–Trinajstić information content (AvgIpc) is 2.26. The van der Waals surface area contributed by atoms with E-state index < -0.39 is 46.4 Å². The number of aliphatic hydroxyl groups is 1. The smallest absolute Gasteiger partial charge is 0.387 e. The normalized spacial score (nSPS) is 12.3. The largest absolute Gasteiger partial charge is 0.479 e. The van der Waals surface area contributed by atoms with Gasteiger partial charge in [-0.1, -0.05) is 0 Å². The number of rotatable bonds is 5. The minimum atomic E-state index is -3.47. The predicted molar refractivity (Wildman–Crippen MR) is 52.3 cm³/mol. The maximum absolute atomic E-state index is 13.5. The fourth-order valence-corrected chi connectivity index (χ4v) is 1.27. The minimum Gasteiger partial charge on any atom is -0.479 e. The summed E-state index contributed by atoms with van der Waals surface area (Å²) in [4.78, 5) is 19.9. The van der Waals surface area contributed by atoms with Crippen molar-refractivity contribution in [3.05, 3.63) is 33.6 Å². The van der Waals surface area contributed by atoms with Gasteiger partial charge in [0.25, 0.3) is 5.69 Å². The van der Waals surface area contributed by atoms with Gasteiger partial charge >= 0.3 is 12.6 Å². The van der Waals surface area contributed by atoms with Crippen LogP contribution in [-0.4, -0.2) is 27.7 Å². The molecule has 104 valence electrons. The number of halogens is 3. The number of nitro benzene ring substituents is 1. The molecule has 0 bridgehead atoms. The van der Waals surface area contributed by atoms with Gasteiger partial charge in [0, 0.05) is 0 Å². The Balaban J connectivity index is 3.42. The van der Waals surface area contributed by atoms with Crippen LogP contribution >= 0.6 is 0 Å². The standard InChI is InChI=1S/C9H6F3NO6/c10-4-1-3(13(17)18)2-5(19-9(11)12)6(4)7(14)8(15)16/h1-2,7,9,14H,(H,15,16). The zero-order chi connectivity index (χ0) is 14.7. The number of carbonyl (C=O) groups is 1.